The number of amides is 1. The third-order valence-corrected chi connectivity index (χ3v) is 5.94. The lowest BCUT2D eigenvalue weighted by atomic mass is 10.1. The van der Waals surface area contributed by atoms with E-state index in [0.29, 0.717) is 44.8 Å². The molecule has 0 radical (unpaired) electrons. The molecule has 2 rings (SSSR count). The van der Waals surface area contributed by atoms with Gasteiger partial charge < -0.3 is 20.5 Å². The van der Waals surface area contributed by atoms with Gasteiger partial charge in [-0.1, -0.05) is 0 Å². The van der Waals surface area contributed by atoms with E-state index in [-0.39, 0.29) is 22.3 Å². The molecule has 0 spiro atoms. The van der Waals surface area contributed by atoms with Crippen LogP contribution in [0, 0.1) is 12.8 Å². The molecule has 0 unspecified atom stereocenters. The predicted molar refractivity (Wildman–Crippen MR) is 89.5 cm³/mol. The number of ether oxygens (including phenoxy) is 1. The van der Waals surface area contributed by atoms with Crippen molar-refractivity contribution in [1.29, 1.82) is 0 Å². The van der Waals surface area contributed by atoms with E-state index < -0.39 is 15.8 Å². The lowest BCUT2D eigenvalue weighted by molar-refractivity contribution is -0.131. The summed E-state index contributed by atoms with van der Waals surface area (Å²) in [6, 6.07) is 4.16. The maximum atomic E-state index is 12.5. The highest BCUT2D eigenvalue weighted by Gasteiger charge is 2.35. The Morgan fingerprint density at radius 2 is 2.12 bits per heavy atom. The number of phenolic OH excluding ortho intramolecular Hbond substituents is 1. The zero-order valence-corrected chi connectivity index (χ0v) is 14.6. The van der Waals surface area contributed by atoms with E-state index in [4.69, 9.17) is 10.5 Å². The van der Waals surface area contributed by atoms with Gasteiger partial charge in [0.25, 0.3) is 0 Å². The highest BCUT2D eigenvalue weighted by Crippen LogP contribution is 2.25. The van der Waals surface area contributed by atoms with E-state index >= 15 is 0 Å². The van der Waals surface area contributed by atoms with E-state index in [9.17, 15) is 18.3 Å². The number of carbonyl (C=O) groups excluding carboxylic acids is 1. The Bertz CT molecular complexity index is 690. The minimum Gasteiger partial charge on any atom is -0.508 e. The van der Waals surface area contributed by atoms with Gasteiger partial charge in [0.15, 0.2) is 9.84 Å². The minimum atomic E-state index is -3.57. The van der Waals surface area contributed by atoms with Gasteiger partial charge in [-0.3, -0.25) is 4.79 Å². The van der Waals surface area contributed by atoms with Crippen LogP contribution in [0.15, 0.2) is 23.1 Å². The van der Waals surface area contributed by atoms with Gasteiger partial charge >= 0.3 is 0 Å². The van der Waals surface area contributed by atoms with Gasteiger partial charge in [-0.2, -0.15) is 0 Å². The fraction of sp³-hybridized carbons (Fsp3) is 0.562. The first kappa shape index (κ1) is 18.7. The van der Waals surface area contributed by atoms with Crippen molar-refractivity contribution in [3.05, 3.63) is 23.8 Å². The van der Waals surface area contributed by atoms with Crippen LogP contribution in [0.25, 0.3) is 0 Å². The number of hydrogen-bond donors (Lipinski definition) is 2. The van der Waals surface area contributed by atoms with Gasteiger partial charge in [-0.25, -0.2) is 8.42 Å². The summed E-state index contributed by atoms with van der Waals surface area (Å²) in [6.45, 7) is 3.91. The number of nitrogens with two attached hydrogens (primary N) is 1. The van der Waals surface area contributed by atoms with Crippen molar-refractivity contribution in [1.82, 2.24) is 4.90 Å². The van der Waals surface area contributed by atoms with Crippen LogP contribution in [0.2, 0.25) is 0 Å². The van der Waals surface area contributed by atoms with Crippen LogP contribution in [0.3, 0.4) is 0 Å². The van der Waals surface area contributed by atoms with Crippen LogP contribution in [-0.2, 0) is 19.4 Å². The number of nitrogens with zero attached hydrogens (tertiary/aromatic N) is 1. The van der Waals surface area contributed by atoms with Crippen LogP contribution >= 0.6 is 0 Å². The van der Waals surface area contributed by atoms with Crippen molar-refractivity contribution in [3.63, 3.8) is 0 Å². The smallest absolute Gasteiger partial charge is 0.226 e. The topological polar surface area (TPSA) is 110 Å². The number of sulfone groups is 1. The molecule has 1 aromatic rings. The summed E-state index contributed by atoms with van der Waals surface area (Å²) in [5.41, 5.74) is 5.82. The molecule has 3 N–H and O–H groups in total. The average Bonchev–Trinajstić information content (AvgIpc) is 2.86. The van der Waals surface area contributed by atoms with Crippen molar-refractivity contribution in [3.8, 4) is 5.75 Å². The highest BCUT2D eigenvalue weighted by molar-refractivity contribution is 7.91. The van der Waals surface area contributed by atoms with Crippen LogP contribution in [0.5, 0.6) is 5.75 Å². The summed E-state index contributed by atoms with van der Waals surface area (Å²) in [6.07, 6.45) is 0.520. The molecular weight excluding hydrogens is 332 g/mol. The van der Waals surface area contributed by atoms with Gasteiger partial charge in [-0.05, 0) is 37.1 Å². The standard InChI is InChI=1S/C16H24N2O5S/c1-12-10-14(2-3-15(12)19)24(21,22)11-13-4-6-18(16(13)20)7-9-23-8-5-17/h2-3,10,13,19H,4-9,11,17H2,1H3/t13-/m1/s1. The first-order chi connectivity index (χ1) is 11.3. The molecule has 0 aromatic heterocycles. The molecule has 24 heavy (non-hydrogen) atoms. The summed E-state index contributed by atoms with van der Waals surface area (Å²) in [4.78, 5) is 14.1. The van der Waals surface area contributed by atoms with Crippen molar-refractivity contribution in [2.45, 2.75) is 18.2 Å². The Morgan fingerprint density at radius 1 is 1.38 bits per heavy atom. The van der Waals surface area contributed by atoms with Gasteiger partial charge in [0, 0.05) is 19.6 Å². The van der Waals surface area contributed by atoms with Gasteiger partial charge in [0.05, 0.1) is 29.8 Å². The Kier molecular flexibility index (Phi) is 6.20. The van der Waals surface area contributed by atoms with Gasteiger partial charge in [-0.15, -0.1) is 0 Å². The van der Waals surface area contributed by atoms with E-state index in [0.717, 1.165) is 0 Å². The molecule has 0 aliphatic carbocycles. The number of phenols is 1. The zero-order valence-electron chi connectivity index (χ0n) is 13.8. The summed E-state index contributed by atoms with van der Waals surface area (Å²) in [5, 5.41) is 9.52. The Balaban J connectivity index is 1.97. The molecule has 134 valence electrons. The third kappa shape index (κ3) is 4.46. The number of aromatic hydroxyl groups is 1. The number of benzene rings is 1. The summed E-state index contributed by atoms with van der Waals surface area (Å²) >= 11 is 0. The fourth-order valence-electron chi connectivity index (χ4n) is 2.72. The van der Waals surface area contributed by atoms with Crippen LogP contribution in [0.4, 0.5) is 0 Å². The van der Waals surface area contributed by atoms with Crippen molar-refractivity contribution in [2.75, 3.05) is 38.6 Å². The van der Waals surface area contributed by atoms with Crippen LogP contribution < -0.4 is 5.73 Å². The Hall–Kier alpha value is -1.64. The van der Waals surface area contributed by atoms with Gasteiger partial charge in [0.1, 0.15) is 5.75 Å². The number of carbonyl (C=O) groups is 1. The Labute approximate surface area is 142 Å². The third-order valence-electron chi connectivity index (χ3n) is 4.12. The number of likely N-dealkylation sites (tertiary alicyclic amines) is 1. The van der Waals surface area contributed by atoms with E-state index in [1.54, 1.807) is 11.8 Å². The summed E-state index contributed by atoms with van der Waals surface area (Å²) in [5.74, 6) is -0.838. The quantitative estimate of drug-likeness (QED) is 0.648. The lowest BCUT2D eigenvalue weighted by Crippen LogP contribution is -2.33. The lowest BCUT2D eigenvalue weighted by Gasteiger charge is -2.16. The second-order valence-electron chi connectivity index (χ2n) is 5.94. The maximum Gasteiger partial charge on any atom is 0.226 e. The number of aryl methyl sites for hydroxylation is 1. The molecule has 1 heterocycles. The maximum absolute atomic E-state index is 12.5. The van der Waals surface area contributed by atoms with E-state index in [1.807, 2.05) is 0 Å². The van der Waals surface area contributed by atoms with Gasteiger partial charge in [0.2, 0.25) is 5.91 Å². The number of hydrogen-bond acceptors (Lipinski definition) is 6. The first-order valence-electron chi connectivity index (χ1n) is 7.94. The largest absolute Gasteiger partial charge is 0.508 e. The molecule has 1 amide bonds. The number of rotatable bonds is 8. The monoisotopic (exact) mass is 356 g/mol. The van der Waals surface area contributed by atoms with Crippen molar-refractivity contribution in [2.24, 2.45) is 11.7 Å². The fourth-order valence-corrected chi connectivity index (χ4v) is 4.39. The summed E-state index contributed by atoms with van der Waals surface area (Å²) < 4.78 is 30.3. The molecule has 1 saturated heterocycles. The molecule has 0 saturated carbocycles. The molecule has 8 heteroatoms. The molecule has 1 atom stereocenters. The van der Waals surface area contributed by atoms with E-state index in [2.05, 4.69) is 0 Å². The highest BCUT2D eigenvalue weighted by atomic mass is 32.2. The van der Waals surface area contributed by atoms with Crippen LogP contribution in [-0.4, -0.2) is 62.9 Å². The molecule has 1 fully saturated rings. The molecule has 1 aromatic carbocycles. The Morgan fingerprint density at radius 3 is 2.79 bits per heavy atom. The SMILES string of the molecule is Cc1cc(S(=O)(=O)C[C@H]2CCN(CCOCCN)C2=O)ccc1O. The first-order valence-corrected chi connectivity index (χ1v) is 9.59. The zero-order chi connectivity index (χ0) is 17.7. The second-order valence-corrected chi connectivity index (χ2v) is 7.98. The van der Waals surface area contributed by atoms with Crippen molar-refractivity contribution >= 4 is 15.7 Å². The van der Waals surface area contributed by atoms with Crippen LogP contribution in [0.1, 0.15) is 12.0 Å². The molecule has 1 aliphatic rings. The molecular formula is C16H24N2O5S. The average molecular weight is 356 g/mol. The molecule has 7 nitrogen and oxygen atoms in total. The van der Waals surface area contributed by atoms with E-state index in [1.165, 1.54) is 18.2 Å². The molecule has 0 bridgehead atoms. The normalized spacial score (nSPS) is 18.3. The van der Waals surface area contributed by atoms with Crippen molar-refractivity contribution < 1.29 is 23.1 Å². The minimum absolute atomic E-state index is 0.0505. The molecule has 1 aliphatic heterocycles. The summed E-state index contributed by atoms with van der Waals surface area (Å²) in [7, 11) is -3.57. The predicted octanol–water partition coefficient (Wildman–Crippen LogP) is 0.298. The second kappa shape index (κ2) is 7.96.